The lowest BCUT2D eigenvalue weighted by atomic mass is 9.93. The summed E-state index contributed by atoms with van der Waals surface area (Å²) in [5.74, 6) is -2.01. The predicted octanol–water partition coefficient (Wildman–Crippen LogP) is -0.913. The zero-order chi connectivity index (χ0) is 13.3. The molecule has 0 aromatic carbocycles. The Balaban J connectivity index is 3.93. The molecule has 5 N–H and O–H groups in total. The summed E-state index contributed by atoms with van der Waals surface area (Å²) < 4.78 is 10.2. The van der Waals surface area contributed by atoms with Crippen molar-refractivity contribution in [1.82, 2.24) is 0 Å². The molecule has 0 rings (SSSR count). The Morgan fingerprint density at radius 3 is 2.29 bits per heavy atom. The van der Waals surface area contributed by atoms with Gasteiger partial charge in [-0.1, -0.05) is 0 Å². The molecule has 17 heavy (non-hydrogen) atoms. The summed E-state index contributed by atoms with van der Waals surface area (Å²) in [6.45, 7) is 3.41. The maximum absolute atomic E-state index is 10.9. The Kier molecular flexibility index (Phi) is 7.44. The molecule has 0 saturated heterocycles. The SMILES string of the molecule is CCOCCOCCC(N)(CC(N)=O)C(=O)O. The third-order valence-corrected chi connectivity index (χ3v) is 2.18. The van der Waals surface area contributed by atoms with Crippen LogP contribution >= 0.6 is 0 Å². The first kappa shape index (κ1) is 15.8. The van der Waals surface area contributed by atoms with E-state index in [4.69, 9.17) is 26.0 Å². The van der Waals surface area contributed by atoms with Gasteiger partial charge >= 0.3 is 5.97 Å². The maximum atomic E-state index is 10.9. The summed E-state index contributed by atoms with van der Waals surface area (Å²) in [6.07, 6.45) is -0.380. The van der Waals surface area contributed by atoms with Gasteiger partial charge in [0.25, 0.3) is 0 Å². The van der Waals surface area contributed by atoms with Crippen molar-refractivity contribution >= 4 is 11.9 Å². The Bertz CT molecular complexity index is 259. The fourth-order valence-corrected chi connectivity index (χ4v) is 1.20. The number of amides is 1. The summed E-state index contributed by atoms with van der Waals surface area (Å²) in [4.78, 5) is 21.6. The van der Waals surface area contributed by atoms with Crippen molar-refractivity contribution < 1.29 is 24.2 Å². The monoisotopic (exact) mass is 248 g/mol. The third kappa shape index (κ3) is 6.88. The van der Waals surface area contributed by atoms with Crippen LogP contribution in [0.1, 0.15) is 19.8 Å². The Hall–Kier alpha value is -1.18. The van der Waals surface area contributed by atoms with Crippen molar-refractivity contribution in [3.63, 3.8) is 0 Å². The van der Waals surface area contributed by atoms with Crippen LogP contribution in [0.25, 0.3) is 0 Å². The maximum Gasteiger partial charge on any atom is 0.324 e. The number of ether oxygens (including phenoxy) is 2. The largest absolute Gasteiger partial charge is 0.480 e. The standard InChI is InChI=1S/C10H20N2O5/c1-2-16-5-6-17-4-3-10(12,9(14)15)7-8(11)13/h2-7,12H2,1H3,(H2,11,13)(H,14,15). The molecule has 100 valence electrons. The molecule has 1 unspecified atom stereocenters. The van der Waals surface area contributed by atoms with Crippen molar-refractivity contribution in [3.8, 4) is 0 Å². The molecule has 0 aliphatic rings. The van der Waals surface area contributed by atoms with Gasteiger partial charge in [0.15, 0.2) is 0 Å². The highest BCUT2D eigenvalue weighted by molar-refractivity contribution is 5.86. The summed E-state index contributed by atoms with van der Waals surface area (Å²) in [7, 11) is 0. The second-order valence-corrected chi connectivity index (χ2v) is 3.66. The van der Waals surface area contributed by atoms with Crippen molar-refractivity contribution in [2.45, 2.75) is 25.3 Å². The van der Waals surface area contributed by atoms with Crippen LogP contribution in [-0.2, 0) is 19.1 Å². The quantitative estimate of drug-likeness (QED) is 0.430. The average Bonchev–Trinajstić information content (AvgIpc) is 2.22. The molecule has 0 aliphatic heterocycles. The minimum Gasteiger partial charge on any atom is -0.480 e. The van der Waals surface area contributed by atoms with Gasteiger partial charge in [-0.3, -0.25) is 9.59 Å². The van der Waals surface area contributed by atoms with Crippen molar-refractivity contribution in [2.24, 2.45) is 11.5 Å². The van der Waals surface area contributed by atoms with E-state index in [1.165, 1.54) is 0 Å². The highest BCUT2D eigenvalue weighted by Gasteiger charge is 2.35. The number of carbonyl (C=O) groups excluding carboxylic acids is 1. The van der Waals surface area contributed by atoms with E-state index in [9.17, 15) is 9.59 Å². The molecule has 0 aliphatic carbocycles. The van der Waals surface area contributed by atoms with Gasteiger partial charge in [-0.25, -0.2) is 0 Å². The van der Waals surface area contributed by atoms with Gasteiger partial charge in [-0.15, -0.1) is 0 Å². The van der Waals surface area contributed by atoms with Crippen LogP contribution in [0.5, 0.6) is 0 Å². The van der Waals surface area contributed by atoms with Gasteiger partial charge in [0, 0.05) is 13.2 Å². The van der Waals surface area contributed by atoms with E-state index in [0.29, 0.717) is 19.8 Å². The number of carboxylic acids is 1. The number of aliphatic carboxylic acids is 1. The number of carbonyl (C=O) groups is 2. The van der Waals surface area contributed by atoms with E-state index in [1.54, 1.807) is 0 Å². The topological polar surface area (TPSA) is 125 Å². The van der Waals surface area contributed by atoms with Crippen molar-refractivity contribution in [3.05, 3.63) is 0 Å². The summed E-state index contributed by atoms with van der Waals surface area (Å²) in [5.41, 5.74) is 8.86. The molecule has 7 heteroatoms. The van der Waals surface area contributed by atoms with Crippen molar-refractivity contribution in [2.75, 3.05) is 26.4 Å². The van der Waals surface area contributed by atoms with E-state index in [1.807, 2.05) is 6.92 Å². The van der Waals surface area contributed by atoms with Crippen LogP contribution < -0.4 is 11.5 Å². The zero-order valence-electron chi connectivity index (χ0n) is 9.98. The molecule has 1 amide bonds. The number of hydrogen-bond donors (Lipinski definition) is 3. The predicted molar refractivity (Wildman–Crippen MR) is 60.3 cm³/mol. The van der Waals surface area contributed by atoms with Crippen molar-refractivity contribution in [1.29, 1.82) is 0 Å². The molecular formula is C10H20N2O5. The highest BCUT2D eigenvalue weighted by atomic mass is 16.5. The minimum atomic E-state index is -1.66. The molecule has 0 saturated carbocycles. The van der Waals surface area contributed by atoms with Crippen LogP contribution in [0.4, 0.5) is 0 Å². The number of rotatable bonds is 10. The fourth-order valence-electron chi connectivity index (χ4n) is 1.20. The fraction of sp³-hybridized carbons (Fsp3) is 0.800. The molecule has 7 nitrogen and oxygen atoms in total. The van der Waals surface area contributed by atoms with E-state index in [-0.39, 0.29) is 13.0 Å². The van der Waals surface area contributed by atoms with Crippen LogP contribution in [0.3, 0.4) is 0 Å². The normalized spacial score (nSPS) is 14.2. The molecule has 0 radical (unpaired) electrons. The van der Waals surface area contributed by atoms with Crippen LogP contribution in [0.2, 0.25) is 0 Å². The van der Waals surface area contributed by atoms with E-state index >= 15 is 0 Å². The molecule has 0 aromatic heterocycles. The minimum absolute atomic E-state index is 0.0252. The molecule has 1 atom stereocenters. The molecular weight excluding hydrogens is 228 g/mol. The van der Waals surface area contributed by atoms with E-state index < -0.39 is 23.8 Å². The number of carboxylic acid groups (broad SMARTS) is 1. The van der Waals surface area contributed by atoms with E-state index in [0.717, 1.165) is 0 Å². The van der Waals surface area contributed by atoms with Crippen LogP contribution in [-0.4, -0.2) is 48.9 Å². The number of hydrogen-bond acceptors (Lipinski definition) is 5. The van der Waals surface area contributed by atoms with E-state index in [2.05, 4.69) is 0 Å². The van der Waals surface area contributed by atoms with Gasteiger partial charge in [0.05, 0.1) is 19.6 Å². The Labute approximate surface area is 100 Å². The lowest BCUT2D eigenvalue weighted by Gasteiger charge is -2.22. The Morgan fingerprint density at radius 2 is 1.82 bits per heavy atom. The molecule has 0 bridgehead atoms. The lowest BCUT2D eigenvalue weighted by molar-refractivity contribution is -0.146. The highest BCUT2D eigenvalue weighted by Crippen LogP contribution is 2.12. The smallest absolute Gasteiger partial charge is 0.324 e. The van der Waals surface area contributed by atoms with Crippen LogP contribution in [0.15, 0.2) is 0 Å². The third-order valence-electron chi connectivity index (χ3n) is 2.18. The second kappa shape index (κ2) is 7.99. The lowest BCUT2D eigenvalue weighted by Crippen LogP contribution is -2.51. The average molecular weight is 248 g/mol. The molecule has 0 heterocycles. The first-order valence-corrected chi connectivity index (χ1v) is 5.38. The van der Waals surface area contributed by atoms with Gasteiger partial charge in [-0.05, 0) is 13.3 Å². The Morgan fingerprint density at radius 1 is 1.24 bits per heavy atom. The first-order chi connectivity index (χ1) is 7.92. The summed E-state index contributed by atoms with van der Waals surface area (Å²) >= 11 is 0. The summed E-state index contributed by atoms with van der Waals surface area (Å²) in [6, 6.07) is 0. The molecule has 0 spiro atoms. The van der Waals surface area contributed by atoms with Gasteiger partial charge < -0.3 is 26.0 Å². The number of primary amides is 1. The first-order valence-electron chi connectivity index (χ1n) is 5.38. The van der Waals surface area contributed by atoms with Gasteiger partial charge in [0.1, 0.15) is 5.54 Å². The summed E-state index contributed by atoms with van der Waals surface area (Å²) in [5, 5.41) is 8.91. The zero-order valence-corrected chi connectivity index (χ0v) is 9.98. The van der Waals surface area contributed by atoms with Crippen LogP contribution in [0, 0.1) is 0 Å². The second-order valence-electron chi connectivity index (χ2n) is 3.66. The molecule has 0 fully saturated rings. The molecule has 0 aromatic rings. The number of nitrogens with two attached hydrogens (primary N) is 2. The van der Waals surface area contributed by atoms with Gasteiger partial charge in [0.2, 0.25) is 5.91 Å². The van der Waals surface area contributed by atoms with Gasteiger partial charge in [-0.2, -0.15) is 0 Å².